The van der Waals surface area contributed by atoms with E-state index in [1.54, 1.807) is 23.9 Å². The predicted octanol–water partition coefficient (Wildman–Crippen LogP) is 1.74. The van der Waals surface area contributed by atoms with E-state index < -0.39 is 5.60 Å². The Balaban J connectivity index is 1.76. The maximum atomic E-state index is 11.7. The lowest BCUT2D eigenvalue weighted by atomic mass is 9.97. The summed E-state index contributed by atoms with van der Waals surface area (Å²) in [5.74, 6) is 0.472. The monoisotopic (exact) mass is 330 g/mol. The van der Waals surface area contributed by atoms with Crippen LogP contribution in [0.1, 0.15) is 29.8 Å². The first kappa shape index (κ1) is 16.4. The van der Waals surface area contributed by atoms with Crippen LogP contribution in [0.15, 0.2) is 30.7 Å². The van der Waals surface area contributed by atoms with Gasteiger partial charge >= 0.3 is 5.97 Å². The molecular weight excluding hydrogens is 308 g/mol. The lowest BCUT2D eigenvalue weighted by Crippen LogP contribution is -2.48. The predicted molar refractivity (Wildman–Crippen MR) is 88.9 cm³/mol. The third-order valence-electron chi connectivity index (χ3n) is 4.17. The van der Waals surface area contributed by atoms with Crippen molar-refractivity contribution in [2.75, 3.05) is 31.2 Å². The van der Waals surface area contributed by atoms with E-state index in [1.807, 2.05) is 25.5 Å². The van der Waals surface area contributed by atoms with Gasteiger partial charge < -0.3 is 14.4 Å². The highest BCUT2D eigenvalue weighted by atomic mass is 16.5. The quantitative estimate of drug-likeness (QED) is 0.796. The molecule has 128 valence electrons. The Morgan fingerprint density at radius 1 is 1.42 bits per heavy atom. The average molecular weight is 330 g/mol. The van der Waals surface area contributed by atoms with E-state index in [4.69, 9.17) is 9.47 Å². The molecule has 0 saturated carbocycles. The molecule has 2 aromatic heterocycles. The molecule has 0 aromatic carbocycles. The first-order valence-corrected chi connectivity index (χ1v) is 8.03. The Kier molecular flexibility index (Phi) is 4.53. The number of carbonyl (C=O) groups excluding carboxylic acids is 1. The molecule has 3 rings (SSSR count). The fraction of sp³-hybridized carbons (Fsp3) is 0.471. The van der Waals surface area contributed by atoms with Crippen LogP contribution in [0.25, 0.3) is 0 Å². The van der Waals surface area contributed by atoms with Crippen molar-refractivity contribution < 1.29 is 14.3 Å². The number of morpholine rings is 1. The minimum Gasteiger partial charge on any atom is -0.462 e. The van der Waals surface area contributed by atoms with E-state index >= 15 is 0 Å². The van der Waals surface area contributed by atoms with Gasteiger partial charge in [0.15, 0.2) is 0 Å². The Morgan fingerprint density at radius 2 is 2.25 bits per heavy atom. The van der Waals surface area contributed by atoms with E-state index in [-0.39, 0.29) is 5.97 Å². The number of hydrogen-bond donors (Lipinski definition) is 0. The molecule has 3 heterocycles. The molecule has 2 aromatic rings. The minimum atomic E-state index is -0.437. The van der Waals surface area contributed by atoms with E-state index in [2.05, 4.69) is 21.9 Å². The van der Waals surface area contributed by atoms with E-state index in [9.17, 15) is 4.79 Å². The van der Waals surface area contributed by atoms with Crippen LogP contribution in [0.3, 0.4) is 0 Å². The summed E-state index contributed by atoms with van der Waals surface area (Å²) in [6, 6.07) is 3.60. The van der Waals surface area contributed by atoms with E-state index in [0.29, 0.717) is 25.3 Å². The maximum Gasteiger partial charge on any atom is 0.339 e. The van der Waals surface area contributed by atoms with Crippen LogP contribution in [0.4, 0.5) is 5.82 Å². The number of esters is 1. The largest absolute Gasteiger partial charge is 0.462 e. The van der Waals surface area contributed by atoms with Crippen LogP contribution in [0, 0.1) is 0 Å². The van der Waals surface area contributed by atoms with Gasteiger partial charge in [-0.15, -0.1) is 0 Å². The zero-order chi connectivity index (χ0) is 17.2. The van der Waals surface area contributed by atoms with Crippen molar-refractivity contribution in [3.05, 3.63) is 41.9 Å². The number of ether oxygens (including phenoxy) is 2. The Labute approximate surface area is 141 Å². The molecule has 1 fully saturated rings. The zero-order valence-corrected chi connectivity index (χ0v) is 14.2. The van der Waals surface area contributed by atoms with Gasteiger partial charge in [-0.05, 0) is 26.0 Å². The van der Waals surface area contributed by atoms with Gasteiger partial charge in [-0.25, -0.2) is 9.78 Å². The summed E-state index contributed by atoms with van der Waals surface area (Å²) in [5, 5.41) is 4.23. The number of aromatic nitrogens is 3. The highest BCUT2D eigenvalue weighted by Gasteiger charge is 2.35. The van der Waals surface area contributed by atoms with Gasteiger partial charge in [-0.1, -0.05) is 0 Å². The highest BCUT2D eigenvalue weighted by molar-refractivity contribution is 5.89. The molecule has 7 heteroatoms. The van der Waals surface area contributed by atoms with Crippen molar-refractivity contribution in [2.45, 2.75) is 19.4 Å². The standard InChI is InChI=1S/C17H22N4O3/c1-4-23-16(22)13-5-6-15(18-9-13)21-7-8-24-17(2,12-21)14-10-19-20(3)11-14/h5-6,9-11H,4,7-8,12H2,1-3H3. The molecular formula is C17H22N4O3. The van der Waals surface area contributed by atoms with Gasteiger partial charge in [0.1, 0.15) is 11.4 Å². The fourth-order valence-electron chi connectivity index (χ4n) is 2.84. The zero-order valence-electron chi connectivity index (χ0n) is 14.2. The summed E-state index contributed by atoms with van der Waals surface area (Å²) in [6.07, 6.45) is 5.37. The molecule has 24 heavy (non-hydrogen) atoms. The molecule has 1 saturated heterocycles. The molecule has 1 aliphatic rings. The van der Waals surface area contributed by atoms with Crippen LogP contribution in [0.2, 0.25) is 0 Å². The number of aryl methyl sites for hydroxylation is 1. The SMILES string of the molecule is CCOC(=O)c1ccc(N2CCOC(C)(c3cnn(C)c3)C2)nc1. The summed E-state index contributed by atoms with van der Waals surface area (Å²) in [6.45, 7) is 6.22. The van der Waals surface area contributed by atoms with Gasteiger partial charge in [0.25, 0.3) is 0 Å². The van der Waals surface area contributed by atoms with Gasteiger partial charge in [-0.3, -0.25) is 4.68 Å². The van der Waals surface area contributed by atoms with E-state index in [0.717, 1.165) is 17.9 Å². The second-order valence-electron chi connectivity index (χ2n) is 6.03. The normalized spacial score (nSPS) is 20.9. The van der Waals surface area contributed by atoms with Crippen LogP contribution >= 0.6 is 0 Å². The highest BCUT2D eigenvalue weighted by Crippen LogP contribution is 2.30. The fourth-order valence-corrected chi connectivity index (χ4v) is 2.84. The summed E-state index contributed by atoms with van der Waals surface area (Å²) in [7, 11) is 1.89. The average Bonchev–Trinajstić information content (AvgIpc) is 3.03. The van der Waals surface area contributed by atoms with Crippen molar-refractivity contribution in [3.8, 4) is 0 Å². The number of rotatable bonds is 4. The van der Waals surface area contributed by atoms with Gasteiger partial charge in [0, 0.05) is 31.5 Å². The van der Waals surface area contributed by atoms with Crippen molar-refractivity contribution in [3.63, 3.8) is 0 Å². The van der Waals surface area contributed by atoms with E-state index in [1.165, 1.54) is 0 Å². The van der Waals surface area contributed by atoms with Crippen LogP contribution in [-0.4, -0.2) is 47.0 Å². The molecule has 1 atom stereocenters. The molecule has 7 nitrogen and oxygen atoms in total. The second kappa shape index (κ2) is 6.60. The first-order valence-electron chi connectivity index (χ1n) is 8.03. The minimum absolute atomic E-state index is 0.348. The lowest BCUT2D eigenvalue weighted by Gasteiger charge is -2.40. The third kappa shape index (κ3) is 3.26. The summed E-state index contributed by atoms with van der Waals surface area (Å²) in [5.41, 5.74) is 1.07. The van der Waals surface area contributed by atoms with Gasteiger partial charge in [-0.2, -0.15) is 5.10 Å². The summed E-state index contributed by atoms with van der Waals surface area (Å²) >= 11 is 0. The topological polar surface area (TPSA) is 69.5 Å². The number of anilines is 1. The van der Waals surface area contributed by atoms with Crippen molar-refractivity contribution in [1.82, 2.24) is 14.8 Å². The third-order valence-corrected chi connectivity index (χ3v) is 4.17. The Bertz CT molecular complexity index is 713. The summed E-state index contributed by atoms with van der Waals surface area (Å²) in [4.78, 5) is 18.3. The molecule has 1 aliphatic heterocycles. The molecule has 0 bridgehead atoms. The van der Waals surface area contributed by atoms with Crippen LogP contribution in [0.5, 0.6) is 0 Å². The molecule has 0 amide bonds. The first-order chi connectivity index (χ1) is 11.5. The number of nitrogens with zero attached hydrogens (tertiary/aromatic N) is 4. The summed E-state index contributed by atoms with van der Waals surface area (Å²) < 4.78 is 12.8. The van der Waals surface area contributed by atoms with Crippen LogP contribution in [-0.2, 0) is 22.1 Å². The number of carbonyl (C=O) groups is 1. The second-order valence-corrected chi connectivity index (χ2v) is 6.03. The van der Waals surface area contributed by atoms with Crippen molar-refractivity contribution in [1.29, 1.82) is 0 Å². The Hall–Kier alpha value is -2.41. The Morgan fingerprint density at radius 3 is 2.88 bits per heavy atom. The number of hydrogen-bond acceptors (Lipinski definition) is 6. The van der Waals surface area contributed by atoms with Crippen LogP contribution < -0.4 is 4.90 Å². The molecule has 0 spiro atoms. The van der Waals surface area contributed by atoms with Crippen molar-refractivity contribution in [2.24, 2.45) is 7.05 Å². The maximum absolute atomic E-state index is 11.7. The smallest absolute Gasteiger partial charge is 0.339 e. The molecule has 0 radical (unpaired) electrons. The molecule has 0 N–H and O–H groups in total. The van der Waals surface area contributed by atoms with Gasteiger partial charge in [0.05, 0.1) is 31.5 Å². The molecule has 1 unspecified atom stereocenters. The van der Waals surface area contributed by atoms with Crippen molar-refractivity contribution >= 4 is 11.8 Å². The number of pyridine rings is 1. The van der Waals surface area contributed by atoms with Gasteiger partial charge in [0.2, 0.25) is 0 Å². The lowest BCUT2D eigenvalue weighted by molar-refractivity contribution is -0.0468. The molecule has 0 aliphatic carbocycles.